The predicted octanol–water partition coefficient (Wildman–Crippen LogP) is 0.0916. The number of fused-ring (bicyclic) bond motifs is 1. The highest BCUT2D eigenvalue weighted by Crippen LogP contribution is 2.13. The second kappa shape index (κ2) is 3.94. The summed E-state index contributed by atoms with van der Waals surface area (Å²) in [4.78, 5) is 21.3. The number of aromatic nitrogens is 2. The minimum atomic E-state index is -0.864. The molecule has 0 bridgehead atoms. The second-order valence-corrected chi connectivity index (χ2v) is 3.81. The van der Waals surface area contributed by atoms with Crippen LogP contribution < -0.4 is 0 Å². The molecule has 0 atom stereocenters. The Morgan fingerprint density at radius 2 is 2.40 bits per heavy atom. The van der Waals surface area contributed by atoms with Gasteiger partial charge < -0.3 is 10.0 Å². The van der Waals surface area contributed by atoms with Crippen molar-refractivity contribution in [3.8, 4) is 0 Å². The maximum absolute atomic E-state index is 10.5. The Morgan fingerprint density at radius 1 is 1.60 bits per heavy atom. The summed E-state index contributed by atoms with van der Waals surface area (Å²) in [5.74, 6) is -0.864. The Balaban J connectivity index is 2.23. The van der Waals surface area contributed by atoms with E-state index in [1.165, 1.54) is 0 Å². The van der Waals surface area contributed by atoms with E-state index in [-0.39, 0.29) is 6.42 Å². The molecule has 0 amide bonds. The predicted molar refractivity (Wildman–Crippen MR) is 53.4 cm³/mol. The number of nitrogens with zero attached hydrogens (tertiary/aromatic N) is 3. The summed E-state index contributed by atoms with van der Waals surface area (Å²) in [7, 11) is 2.04. The summed E-state index contributed by atoms with van der Waals surface area (Å²) in [5, 5.41) is 8.64. The second-order valence-electron chi connectivity index (χ2n) is 3.81. The highest BCUT2D eigenvalue weighted by atomic mass is 16.4. The summed E-state index contributed by atoms with van der Waals surface area (Å²) in [6, 6.07) is 0. The van der Waals surface area contributed by atoms with Gasteiger partial charge in [0.1, 0.15) is 0 Å². The van der Waals surface area contributed by atoms with Gasteiger partial charge in [0.2, 0.25) is 0 Å². The number of carboxylic acid groups (broad SMARTS) is 1. The normalized spacial score (nSPS) is 16.1. The van der Waals surface area contributed by atoms with Crippen LogP contribution in [0.3, 0.4) is 0 Å². The van der Waals surface area contributed by atoms with Crippen LogP contribution in [0.1, 0.15) is 17.1 Å². The zero-order chi connectivity index (χ0) is 10.8. The molecular formula is C10H13N3O2. The Hall–Kier alpha value is -1.49. The van der Waals surface area contributed by atoms with E-state index in [1.54, 1.807) is 6.20 Å². The third kappa shape index (κ3) is 2.30. The standard InChI is InChI=1S/C10H13N3O2/c1-13-3-2-8-9(6-13)11-5-7(12-8)4-10(14)15/h5H,2-4,6H2,1H3,(H,14,15). The van der Waals surface area contributed by atoms with E-state index in [0.717, 1.165) is 30.9 Å². The van der Waals surface area contributed by atoms with Crippen LogP contribution >= 0.6 is 0 Å². The van der Waals surface area contributed by atoms with Gasteiger partial charge in [0.25, 0.3) is 0 Å². The van der Waals surface area contributed by atoms with E-state index in [2.05, 4.69) is 14.9 Å². The van der Waals surface area contributed by atoms with Crippen LogP contribution in [0, 0.1) is 0 Å². The van der Waals surface area contributed by atoms with Crippen LogP contribution in [0.5, 0.6) is 0 Å². The van der Waals surface area contributed by atoms with Gasteiger partial charge in [0, 0.05) is 25.7 Å². The van der Waals surface area contributed by atoms with Gasteiger partial charge in [-0.05, 0) is 7.05 Å². The van der Waals surface area contributed by atoms with Gasteiger partial charge in [0.05, 0.1) is 23.5 Å². The van der Waals surface area contributed by atoms with E-state index in [0.29, 0.717) is 5.69 Å². The zero-order valence-electron chi connectivity index (χ0n) is 8.60. The van der Waals surface area contributed by atoms with Crippen molar-refractivity contribution in [2.45, 2.75) is 19.4 Å². The first kappa shape index (κ1) is 10.0. The van der Waals surface area contributed by atoms with Gasteiger partial charge in [0.15, 0.2) is 0 Å². The lowest BCUT2D eigenvalue weighted by Gasteiger charge is -2.23. The lowest BCUT2D eigenvalue weighted by atomic mass is 10.1. The molecule has 1 aliphatic rings. The van der Waals surface area contributed by atoms with Crippen molar-refractivity contribution >= 4 is 5.97 Å². The molecule has 0 spiro atoms. The van der Waals surface area contributed by atoms with Crippen molar-refractivity contribution < 1.29 is 9.90 Å². The van der Waals surface area contributed by atoms with Crippen molar-refractivity contribution in [3.05, 3.63) is 23.3 Å². The highest BCUT2D eigenvalue weighted by Gasteiger charge is 2.16. The smallest absolute Gasteiger partial charge is 0.309 e. The molecule has 80 valence electrons. The van der Waals surface area contributed by atoms with E-state index in [4.69, 9.17) is 5.11 Å². The van der Waals surface area contributed by atoms with E-state index < -0.39 is 5.97 Å². The molecule has 15 heavy (non-hydrogen) atoms. The molecule has 1 N–H and O–H groups in total. The number of carboxylic acids is 1. The number of aliphatic carboxylic acids is 1. The van der Waals surface area contributed by atoms with Gasteiger partial charge in [-0.1, -0.05) is 0 Å². The minimum Gasteiger partial charge on any atom is -0.481 e. The summed E-state index contributed by atoms with van der Waals surface area (Å²) >= 11 is 0. The number of hydrogen-bond acceptors (Lipinski definition) is 4. The maximum Gasteiger partial charge on any atom is 0.309 e. The Labute approximate surface area is 87.8 Å². The average molecular weight is 207 g/mol. The molecule has 1 aliphatic heterocycles. The Kier molecular flexibility index (Phi) is 2.64. The monoisotopic (exact) mass is 207 g/mol. The van der Waals surface area contributed by atoms with Gasteiger partial charge in [-0.3, -0.25) is 14.8 Å². The topological polar surface area (TPSA) is 66.3 Å². The number of likely N-dealkylation sites (N-methyl/N-ethyl adjacent to an activating group) is 1. The van der Waals surface area contributed by atoms with E-state index >= 15 is 0 Å². The van der Waals surface area contributed by atoms with Crippen molar-refractivity contribution in [2.75, 3.05) is 13.6 Å². The summed E-state index contributed by atoms with van der Waals surface area (Å²) in [6.07, 6.45) is 2.37. The average Bonchev–Trinajstić information content (AvgIpc) is 2.17. The fourth-order valence-electron chi connectivity index (χ4n) is 1.70. The molecule has 2 rings (SSSR count). The van der Waals surface area contributed by atoms with Crippen LogP contribution in [-0.2, 0) is 24.2 Å². The van der Waals surface area contributed by atoms with Crippen LogP contribution in [0.15, 0.2) is 6.20 Å². The van der Waals surface area contributed by atoms with Crippen molar-refractivity contribution in [1.82, 2.24) is 14.9 Å². The highest BCUT2D eigenvalue weighted by molar-refractivity contribution is 5.69. The first-order valence-electron chi connectivity index (χ1n) is 4.89. The lowest BCUT2D eigenvalue weighted by molar-refractivity contribution is -0.136. The fourth-order valence-corrected chi connectivity index (χ4v) is 1.70. The molecular weight excluding hydrogens is 194 g/mol. The molecule has 0 saturated heterocycles. The quantitative estimate of drug-likeness (QED) is 0.744. The van der Waals surface area contributed by atoms with Crippen molar-refractivity contribution in [2.24, 2.45) is 0 Å². The molecule has 0 fully saturated rings. The largest absolute Gasteiger partial charge is 0.481 e. The maximum atomic E-state index is 10.5. The number of carbonyl (C=O) groups is 1. The lowest BCUT2D eigenvalue weighted by Crippen LogP contribution is -2.28. The Bertz CT molecular complexity index is 392. The third-order valence-electron chi connectivity index (χ3n) is 2.46. The SMILES string of the molecule is CN1CCc2nc(CC(=O)O)cnc2C1. The zero-order valence-corrected chi connectivity index (χ0v) is 8.60. The molecule has 5 nitrogen and oxygen atoms in total. The van der Waals surface area contributed by atoms with Crippen LogP contribution in [0.25, 0.3) is 0 Å². The summed E-state index contributed by atoms with van der Waals surface area (Å²) in [5.41, 5.74) is 2.47. The molecule has 1 aromatic heterocycles. The van der Waals surface area contributed by atoms with Crippen LogP contribution in [0.2, 0.25) is 0 Å². The summed E-state index contributed by atoms with van der Waals surface area (Å²) < 4.78 is 0. The van der Waals surface area contributed by atoms with Crippen LogP contribution in [0.4, 0.5) is 0 Å². The van der Waals surface area contributed by atoms with E-state index in [9.17, 15) is 4.79 Å². The molecule has 0 aliphatic carbocycles. The van der Waals surface area contributed by atoms with Gasteiger partial charge in [-0.2, -0.15) is 0 Å². The first-order chi connectivity index (χ1) is 7.15. The Morgan fingerprint density at radius 3 is 3.13 bits per heavy atom. The van der Waals surface area contributed by atoms with Crippen molar-refractivity contribution in [1.29, 1.82) is 0 Å². The van der Waals surface area contributed by atoms with Crippen LogP contribution in [-0.4, -0.2) is 39.5 Å². The number of rotatable bonds is 2. The third-order valence-corrected chi connectivity index (χ3v) is 2.46. The molecule has 0 saturated carbocycles. The fraction of sp³-hybridized carbons (Fsp3) is 0.500. The molecule has 1 aromatic rings. The first-order valence-corrected chi connectivity index (χ1v) is 4.89. The number of hydrogen-bond donors (Lipinski definition) is 1. The molecule has 0 radical (unpaired) electrons. The van der Waals surface area contributed by atoms with Gasteiger partial charge in [-0.15, -0.1) is 0 Å². The summed E-state index contributed by atoms with van der Waals surface area (Å²) in [6.45, 7) is 1.76. The van der Waals surface area contributed by atoms with Gasteiger partial charge in [-0.25, -0.2) is 0 Å². The van der Waals surface area contributed by atoms with Crippen molar-refractivity contribution in [3.63, 3.8) is 0 Å². The van der Waals surface area contributed by atoms with E-state index in [1.807, 2.05) is 7.05 Å². The molecule has 0 unspecified atom stereocenters. The molecule has 0 aromatic carbocycles. The molecule has 2 heterocycles. The molecule has 5 heteroatoms. The minimum absolute atomic E-state index is 0.0455. The van der Waals surface area contributed by atoms with Gasteiger partial charge >= 0.3 is 5.97 Å².